The number of ether oxygens (including phenoxy) is 2. The van der Waals surface area contributed by atoms with E-state index >= 15 is 0 Å². The number of nitrogens with zero attached hydrogens (tertiary/aromatic N) is 1. The molecule has 0 heterocycles. The number of anilines is 1. The van der Waals surface area contributed by atoms with Crippen LogP contribution in [0.5, 0.6) is 11.5 Å². The Kier molecular flexibility index (Phi) is 9.02. The first-order valence-corrected chi connectivity index (χ1v) is 11.0. The molecule has 0 aliphatic rings. The molecule has 0 aromatic heterocycles. The van der Waals surface area contributed by atoms with E-state index in [1.807, 2.05) is 42.5 Å². The zero-order chi connectivity index (χ0) is 23.5. The van der Waals surface area contributed by atoms with Crippen molar-refractivity contribution in [3.05, 3.63) is 88.9 Å². The molecule has 0 saturated carbocycles. The van der Waals surface area contributed by atoms with E-state index in [9.17, 15) is 9.59 Å². The molecule has 3 aromatic rings. The fourth-order valence-electron chi connectivity index (χ4n) is 2.72. The maximum Gasteiger partial charge on any atom is 0.277 e. The molecule has 0 saturated heterocycles. The van der Waals surface area contributed by atoms with Crippen LogP contribution in [0.4, 0.5) is 5.69 Å². The second kappa shape index (κ2) is 12.4. The SMILES string of the molecule is CC(CC(=O)Nc1ccc(OCc2ccccc2)cc1)=NNC(=O)COc1ccc(Br)cc1. The van der Waals surface area contributed by atoms with Crippen molar-refractivity contribution < 1.29 is 19.1 Å². The molecular weight excluding hydrogens is 486 g/mol. The zero-order valence-electron chi connectivity index (χ0n) is 18.1. The molecule has 0 atom stereocenters. The Morgan fingerprint density at radius 2 is 1.48 bits per heavy atom. The average Bonchev–Trinajstić information content (AvgIpc) is 2.82. The number of hydrogen-bond donors (Lipinski definition) is 2. The number of benzene rings is 3. The summed E-state index contributed by atoms with van der Waals surface area (Å²) in [6.45, 7) is 1.96. The summed E-state index contributed by atoms with van der Waals surface area (Å²) < 4.78 is 12.0. The van der Waals surface area contributed by atoms with Gasteiger partial charge in [0.05, 0.1) is 6.42 Å². The molecule has 8 heteroatoms. The first kappa shape index (κ1) is 24.0. The first-order valence-electron chi connectivity index (χ1n) is 10.2. The fourth-order valence-corrected chi connectivity index (χ4v) is 2.99. The van der Waals surface area contributed by atoms with Gasteiger partial charge in [0.15, 0.2) is 6.61 Å². The quantitative estimate of drug-likeness (QED) is 0.299. The lowest BCUT2D eigenvalue weighted by Crippen LogP contribution is -2.26. The Morgan fingerprint density at radius 1 is 0.848 bits per heavy atom. The minimum Gasteiger partial charge on any atom is -0.489 e. The highest BCUT2D eigenvalue weighted by Crippen LogP contribution is 2.18. The summed E-state index contributed by atoms with van der Waals surface area (Å²) >= 11 is 3.33. The number of carbonyl (C=O) groups is 2. The lowest BCUT2D eigenvalue weighted by molar-refractivity contribution is -0.123. The van der Waals surface area contributed by atoms with Crippen LogP contribution in [0.25, 0.3) is 0 Å². The molecule has 0 radical (unpaired) electrons. The Balaban J connectivity index is 1.38. The van der Waals surface area contributed by atoms with Crippen LogP contribution in [0.2, 0.25) is 0 Å². The zero-order valence-corrected chi connectivity index (χ0v) is 19.7. The van der Waals surface area contributed by atoms with E-state index in [-0.39, 0.29) is 18.9 Å². The largest absolute Gasteiger partial charge is 0.489 e. The van der Waals surface area contributed by atoms with Crippen LogP contribution in [-0.2, 0) is 16.2 Å². The van der Waals surface area contributed by atoms with Crippen molar-refractivity contribution in [2.75, 3.05) is 11.9 Å². The number of hydrazone groups is 1. The van der Waals surface area contributed by atoms with Crippen molar-refractivity contribution in [1.29, 1.82) is 0 Å². The summed E-state index contributed by atoms with van der Waals surface area (Å²) in [6.07, 6.45) is 0.0418. The van der Waals surface area contributed by atoms with Crippen molar-refractivity contribution in [3.63, 3.8) is 0 Å². The minimum absolute atomic E-state index is 0.0418. The van der Waals surface area contributed by atoms with E-state index in [0.717, 1.165) is 10.0 Å². The van der Waals surface area contributed by atoms with Crippen LogP contribution in [0, 0.1) is 0 Å². The molecule has 0 fully saturated rings. The summed E-state index contributed by atoms with van der Waals surface area (Å²) in [5.74, 6) is 0.630. The molecule has 0 bridgehead atoms. The van der Waals surface area contributed by atoms with Crippen LogP contribution in [0.1, 0.15) is 18.9 Å². The number of carbonyl (C=O) groups excluding carboxylic acids is 2. The predicted molar refractivity (Wildman–Crippen MR) is 131 cm³/mol. The molecule has 0 spiro atoms. The number of amides is 2. The third-order valence-corrected chi connectivity index (χ3v) is 4.89. The molecule has 170 valence electrons. The maximum absolute atomic E-state index is 12.2. The van der Waals surface area contributed by atoms with E-state index in [4.69, 9.17) is 9.47 Å². The van der Waals surface area contributed by atoms with Gasteiger partial charge in [0, 0.05) is 15.9 Å². The van der Waals surface area contributed by atoms with Gasteiger partial charge >= 0.3 is 0 Å². The molecule has 0 unspecified atom stereocenters. The first-order chi connectivity index (χ1) is 16.0. The lowest BCUT2D eigenvalue weighted by Gasteiger charge is -2.09. The van der Waals surface area contributed by atoms with E-state index in [2.05, 4.69) is 31.8 Å². The Labute approximate surface area is 200 Å². The molecule has 7 nitrogen and oxygen atoms in total. The number of halogens is 1. The summed E-state index contributed by atoms with van der Waals surface area (Å²) in [7, 11) is 0. The van der Waals surface area contributed by atoms with E-state index in [1.165, 1.54) is 0 Å². The Hall–Kier alpha value is -3.65. The van der Waals surface area contributed by atoms with Crippen LogP contribution in [0.15, 0.2) is 88.4 Å². The van der Waals surface area contributed by atoms with Crippen molar-refractivity contribution >= 4 is 39.1 Å². The van der Waals surface area contributed by atoms with Gasteiger partial charge in [0.2, 0.25) is 5.91 Å². The van der Waals surface area contributed by atoms with E-state index in [1.54, 1.807) is 43.3 Å². The van der Waals surface area contributed by atoms with Crippen LogP contribution < -0.4 is 20.2 Å². The van der Waals surface area contributed by atoms with Gasteiger partial charge in [-0.3, -0.25) is 9.59 Å². The average molecular weight is 510 g/mol. The summed E-state index contributed by atoms with van der Waals surface area (Å²) in [5.41, 5.74) is 4.58. The summed E-state index contributed by atoms with van der Waals surface area (Å²) in [6, 6.07) is 24.1. The van der Waals surface area contributed by atoms with Crippen LogP contribution >= 0.6 is 15.9 Å². The molecule has 2 N–H and O–H groups in total. The van der Waals surface area contributed by atoms with Crippen LogP contribution in [-0.4, -0.2) is 24.1 Å². The topological polar surface area (TPSA) is 89.0 Å². The minimum atomic E-state index is -0.413. The third kappa shape index (κ3) is 8.78. The molecule has 33 heavy (non-hydrogen) atoms. The van der Waals surface area contributed by atoms with Crippen molar-refractivity contribution in [1.82, 2.24) is 5.43 Å². The fraction of sp³-hybridized carbons (Fsp3) is 0.160. The van der Waals surface area contributed by atoms with Gasteiger partial charge in [-0.25, -0.2) is 5.43 Å². The molecular formula is C25H24BrN3O4. The van der Waals surface area contributed by atoms with Crippen LogP contribution in [0.3, 0.4) is 0 Å². The van der Waals surface area contributed by atoms with Crippen molar-refractivity contribution in [2.24, 2.45) is 5.10 Å². The van der Waals surface area contributed by atoms with Gasteiger partial charge in [0.1, 0.15) is 18.1 Å². The summed E-state index contributed by atoms with van der Waals surface area (Å²) in [4.78, 5) is 24.1. The molecule has 0 aliphatic carbocycles. The highest BCUT2D eigenvalue weighted by atomic mass is 79.9. The lowest BCUT2D eigenvalue weighted by atomic mass is 10.2. The Bertz CT molecular complexity index is 1080. The van der Waals surface area contributed by atoms with Gasteiger partial charge in [-0.2, -0.15) is 5.10 Å². The van der Waals surface area contributed by atoms with E-state index in [0.29, 0.717) is 29.5 Å². The normalized spacial score (nSPS) is 10.9. The third-order valence-electron chi connectivity index (χ3n) is 4.36. The molecule has 0 aliphatic heterocycles. The monoisotopic (exact) mass is 509 g/mol. The second-order valence-corrected chi connectivity index (χ2v) is 8.06. The predicted octanol–water partition coefficient (Wildman–Crippen LogP) is 4.93. The van der Waals surface area contributed by atoms with Crippen molar-refractivity contribution in [3.8, 4) is 11.5 Å². The van der Waals surface area contributed by atoms with Gasteiger partial charge in [-0.15, -0.1) is 0 Å². The van der Waals surface area contributed by atoms with E-state index < -0.39 is 5.91 Å². The van der Waals surface area contributed by atoms with Gasteiger partial charge in [-0.05, 0) is 61.0 Å². The standard InChI is InChI=1S/C25H24BrN3O4/c1-18(28-29-25(31)17-33-22-11-7-20(26)8-12-22)15-24(30)27-21-9-13-23(14-10-21)32-16-19-5-3-2-4-6-19/h2-14H,15-17H2,1H3,(H,27,30)(H,29,31). The van der Waals surface area contributed by atoms with Crippen molar-refractivity contribution in [2.45, 2.75) is 20.0 Å². The second-order valence-electron chi connectivity index (χ2n) is 7.15. The number of nitrogens with one attached hydrogen (secondary N) is 2. The highest BCUT2D eigenvalue weighted by Gasteiger charge is 2.07. The highest BCUT2D eigenvalue weighted by molar-refractivity contribution is 9.10. The molecule has 3 aromatic carbocycles. The maximum atomic E-state index is 12.2. The summed E-state index contributed by atoms with van der Waals surface area (Å²) in [5, 5.41) is 6.74. The van der Waals surface area contributed by atoms with Gasteiger partial charge < -0.3 is 14.8 Å². The molecule has 2 amide bonds. The van der Waals surface area contributed by atoms with Gasteiger partial charge in [0.25, 0.3) is 5.91 Å². The smallest absolute Gasteiger partial charge is 0.277 e. The Morgan fingerprint density at radius 3 is 2.18 bits per heavy atom. The van der Waals surface area contributed by atoms with Gasteiger partial charge in [-0.1, -0.05) is 46.3 Å². The number of rotatable bonds is 10. The number of hydrogen-bond acceptors (Lipinski definition) is 5. The molecule has 3 rings (SSSR count).